The van der Waals surface area contributed by atoms with Crippen molar-refractivity contribution < 1.29 is 0 Å². The van der Waals surface area contributed by atoms with Crippen LogP contribution in [-0.4, -0.2) is 48.2 Å². The summed E-state index contributed by atoms with van der Waals surface area (Å²) < 4.78 is 9.25. The Morgan fingerprint density at radius 2 is 0.438 bits per heavy atom. The predicted molar refractivity (Wildman–Crippen MR) is 532 cm³/mol. The molecule has 0 atom stereocenters. The second-order valence-electron chi connectivity index (χ2n) is 33.2. The van der Waals surface area contributed by atoms with E-state index < -0.39 is 0 Å². The summed E-state index contributed by atoms with van der Waals surface area (Å²) in [7, 11) is 0. The Bertz CT molecular complexity index is 9060. The fourth-order valence-electron chi connectivity index (χ4n) is 20.2. The van der Waals surface area contributed by atoms with E-state index in [0.29, 0.717) is 35.2 Å². The minimum Gasteiger partial charge on any atom is -0.309 e. The van der Waals surface area contributed by atoms with Gasteiger partial charge in [-0.1, -0.05) is 334 Å². The van der Waals surface area contributed by atoms with Crippen LogP contribution >= 0.6 is 0 Å². The van der Waals surface area contributed by atoms with Gasteiger partial charge in [-0.2, -0.15) is 19.9 Å². The first kappa shape index (κ1) is 72.3. The lowest BCUT2D eigenvalue weighted by molar-refractivity contribution is 0.954. The average molecular weight is 1630 g/mol. The number of hydrogen-bond acceptors (Lipinski definition) is 6. The number of benzene rings is 21. The van der Waals surface area contributed by atoms with Gasteiger partial charge in [0.2, 0.25) is 11.9 Å². The maximum Gasteiger partial charge on any atom is 0.238 e. The Morgan fingerprint density at radius 1 is 0.148 bits per heavy atom. The summed E-state index contributed by atoms with van der Waals surface area (Å²) in [5.74, 6) is 3.67. The molecule has 0 aliphatic rings. The van der Waals surface area contributed by atoms with Crippen LogP contribution in [0.15, 0.2) is 437 Å². The lowest BCUT2D eigenvalue weighted by atomic mass is 9.93. The third kappa shape index (κ3) is 11.7. The van der Waals surface area contributed by atoms with E-state index >= 15 is 0 Å². The molecule has 0 unspecified atom stereocenters. The highest BCUT2D eigenvalue weighted by Crippen LogP contribution is 2.46. The molecule has 0 N–H and O–H groups in total. The van der Waals surface area contributed by atoms with E-state index in [1.165, 1.54) is 98.0 Å². The summed E-state index contributed by atoms with van der Waals surface area (Å²) in [6, 6.07) is 156. The molecule has 0 saturated carbocycles. The molecule has 0 amide bonds. The molecular formula is C118H72N10. The van der Waals surface area contributed by atoms with Crippen molar-refractivity contribution in [1.29, 1.82) is 0 Å². The molecule has 128 heavy (non-hydrogen) atoms. The van der Waals surface area contributed by atoms with Gasteiger partial charge >= 0.3 is 0 Å². The molecule has 0 bridgehead atoms. The fraction of sp³-hybridized carbons (Fsp3) is 0. The van der Waals surface area contributed by atoms with E-state index in [0.717, 1.165) is 121 Å². The van der Waals surface area contributed by atoms with Crippen molar-refractivity contribution in [2.24, 2.45) is 0 Å². The number of para-hydroxylation sites is 5. The Balaban J connectivity index is 0.000000138. The van der Waals surface area contributed by atoms with Crippen LogP contribution in [0.4, 0.5) is 0 Å². The second kappa shape index (κ2) is 29.2. The van der Waals surface area contributed by atoms with Crippen LogP contribution in [0.3, 0.4) is 0 Å². The second-order valence-corrected chi connectivity index (χ2v) is 33.2. The first-order valence-electron chi connectivity index (χ1n) is 43.5. The molecule has 27 aromatic rings. The minimum absolute atomic E-state index is 0.572. The van der Waals surface area contributed by atoms with Crippen LogP contribution < -0.4 is 0 Å². The molecule has 10 nitrogen and oxygen atoms in total. The van der Waals surface area contributed by atoms with Gasteiger partial charge in [-0.05, 0) is 195 Å². The van der Waals surface area contributed by atoms with E-state index in [1.807, 2.05) is 0 Å². The highest BCUT2D eigenvalue weighted by Gasteiger charge is 2.26. The molecule has 0 aliphatic heterocycles. The van der Waals surface area contributed by atoms with Crippen molar-refractivity contribution in [2.75, 3.05) is 0 Å². The fourth-order valence-corrected chi connectivity index (χ4v) is 20.2. The molecule has 0 radical (unpaired) electrons. The SMILES string of the molecule is c1ccc(-n2c3ccccc3c3cc(-c4ccc5c(c4)c4ccccc4n5-c4nc(-c5ccc6ccccc6c5)nc(-c5ccc6ccccc6c5)n4)ccc32)cc1.c1ccc2c(-c3nc(-c4cccc5ccccc45)nc(-n4c5ccccc5c5cc(-c6ccc7c(c6)c6ccccc6n7-c6cccc7c8ccccc8c8ccccc8c67)ccc54)n3)cccc2c1. The minimum atomic E-state index is 0.572. The van der Waals surface area contributed by atoms with Crippen LogP contribution in [0.2, 0.25) is 0 Å². The van der Waals surface area contributed by atoms with E-state index in [4.69, 9.17) is 29.9 Å². The lowest BCUT2D eigenvalue weighted by Crippen LogP contribution is -2.06. The summed E-state index contributed by atoms with van der Waals surface area (Å²) >= 11 is 0. The van der Waals surface area contributed by atoms with Crippen LogP contribution in [0.25, 0.3) is 254 Å². The van der Waals surface area contributed by atoms with Crippen molar-refractivity contribution in [3.05, 3.63) is 437 Å². The van der Waals surface area contributed by atoms with Gasteiger partial charge in [0.15, 0.2) is 23.3 Å². The van der Waals surface area contributed by atoms with Crippen molar-refractivity contribution in [1.82, 2.24) is 48.2 Å². The molecule has 0 aliphatic carbocycles. The van der Waals surface area contributed by atoms with Gasteiger partial charge in [-0.3, -0.25) is 9.13 Å². The predicted octanol–water partition coefficient (Wildman–Crippen LogP) is 30.2. The van der Waals surface area contributed by atoms with E-state index in [1.54, 1.807) is 0 Å². The third-order valence-electron chi connectivity index (χ3n) is 26.1. The van der Waals surface area contributed by atoms with Gasteiger partial charge in [0.25, 0.3) is 0 Å². The highest BCUT2D eigenvalue weighted by molar-refractivity contribution is 6.28. The molecule has 6 heterocycles. The summed E-state index contributed by atoms with van der Waals surface area (Å²) in [5.41, 5.74) is 19.6. The maximum atomic E-state index is 5.36. The monoisotopic (exact) mass is 1630 g/mol. The van der Waals surface area contributed by atoms with Crippen LogP contribution in [0.5, 0.6) is 0 Å². The largest absolute Gasteiger partial charge is 0.309 e. The Labute approximate surface area is 733 Å². The number of hydrogen-bond donors (Lipinski definition) is 0. The lowest BCUT2D eigenvalue weighted by Gasteiger charge is -2.16. The Morgan fingerprint density at radius 3 is 0.883 bits per heavy atom. The first-order valence-corrected chi connectivity index (χ1v) is 43.5. The van der Waals surface area contributed by atoms with Crippen molar-refractivity contribution in [2.45, 2.75) is 0 Å². The Kier molecular flexibility index (Phi) is 16.5. The smallest absolute Gasteiger partial charge is 0.238 e. The summed E-state index contributed by atoms with van der Waals surface area (Å²) in [6.07, 6.45) is 0. The zero-order valence-corrected chi connectivity index (χ0v) is 69.0. The molecule has 0 fully saturated rings. The Hall–Kier alpha value is -17.3. The van der Waals surface area contributed by atoms with Crippen molar-refractivity contribution in [3.63, 3.8) is 0 Å². The van der Waals surface area contributed by atoms with E-state index in [-0.39, 0.29) is 0 Å². The molecule has 0 saturated heterocycles. The summed E-state index contributed by atoms with van der Waals surface area (Å²) in [5, 5.41) is 26.1. The van der Waals surface area contributed by atoms with Crippen LogP contribution in [-0.2, 0) is 0 Å². The molecule has 6 aromatic heterocycles. The molecular weight excluding hydrogens is 1560 g/mol. The van der Waals surface area contributed by atoms with Gasteiger partial charge in [0.05, 0.1) is 49.8 Å². The average Bonchev–Trinajstić information content (AvgIpc) is 1.40. The van der Waals surface area contributed by atoms with Crippen LogP contribution in [0, 0.1) is 0 Å². The maximum absolute atomic E-state index is 5.36. The number of fused-ring (bicyclic) bond motifs is 22. The molecule has 21 aromatic carbocycles. The van der Waals surface area contributed by atoms with Gasteiger partial charge in [0.1, 0.15) is 0 Å². The van der Waals surface area contributed by atoms with Gasteiger partial charge in [-0.25, -0.2) is 9.97 Å². The third-order valence-corrected chi connectivity index (χ3v) is 26.1. The number of aromatic nitrogens is 10. The van der Waals surface area contributed by atoms with Crippen molar-refractivity contribution >= 4 is 163 Å². The van der Waals surface area contributed by atoms with E-state index in [2.05, 4.69) is 455 Å². The number of nitrogens with zero attached hydrogens (tertiary/aromatic N) is 10. The zero-order chi connectivity index (χ0) is 84.0. The van der Waals surface area contributed by atoms with Crippen molar-refractivity contribution in [3.8, 4) is 91.1 Å². The van der Waals surface area contributed by atoms with E-state index in [9.17, 15) is 0 Å². The molecule has 27 rings (SSSR count). The standard InChI is InChI=1S/C65H39N5.C53H33N5/c1-3-20-44-40(16-1)18-13-29-53(44)63-66-64(54-30-14-19-41-17-2-4-21-45(41)54)68-65(67-63)70-58-32-12-10-26-50(58)56-39-43(35-37-60(56)70)42-34-36-59-55(38-42)49-25-9-11-31-57(49)69(59)61-33-15-28-52-48-23-6-5-22-46(48)47-24-7-8-27-51(47)62(52)61;1-2-16-42(17-3-1)57-47-20-10-8-18-43(47)45-32-38(26-28-49(45)57)39-27-29-50-46(33-39)44-19-9-11-21-48(44)58(50)53-55-51(40-24-22-34-12-4-6-14-36(34)30-40)54-52(56-53)41-25-23-35-13-5-7-15-37(35)31-41/h1-39H;1-33H. The topological polar surface area (TPSA) is 97.1 Å². The quantitative estimate of drug-likeness (QED) is 0.127. The molecule has 10 heteroatoms. The van der Waals surface area contributed by atoms with Gasteiger partial charge < -0.3 is 9.13 Å². The van der Waals surface area contributed by atoms with Gasteiger partial charge in [0, 0.05) is 76.4 Å². The zero-order valence-electron chi connectivity index (χ0n) is 69.0. The first-order chi connectivity index (χ1) is 63.5. The van der Waals surface area contributed by atoms with Gasteiger partial charge in [-0.15, -0.1) is 0 Å². The highest BCUT2D eigenvalue weighted by atomic mass is 15.2. The molecule has 0 spiro atoms. The summed E-state index contributed by atoms with van der Waals surface area (Å²) in [6.45, 7) is 0. The summed E-state index contributed by atoms with van der Waals surface area (Å²) in [4.78, 5) is 31.6. The van der Waals surface area contributed by atoms with Crippen LogP contribution in [0.1, 0.15) is 0 Å². The number of rotatable bonds is 10. The molecule has 594 valence electrons. The normalized spacial score (nSPS) is 11.9.